The predicted octanol–water partition coefficient (Wildman–Crippen LogP) is 2.14. The molecule has 0 aliphatic carbocycles. The van der Waals surface area contributed by atoms with Gasteiger partial charge in [-0.2, -0.15) is 8.61 Å². The summed E-state index contributed by atoms with van der Waals surface area (Å²) in [7, 11) is -7.50. The molecule has 31 heavy (non-hydrogen) atoms. The van der Waals surface area contributed by atoms with Gasteiger partial charge < -0.3 is 9.47 Å². The molecule has 2 aromatic rings. The maximum Gasteiger partial charge on any atom is 0.243 e. The highest BCUT2D eigenvalue weighted by molar-refractivity contribution is 7.89. The van der Waals surface area contributed by atoms with Gasteiger partial charge in [0.05, 0.1) is 29.1 Å². The van der Waals surface area contributed by atoms with Crippen LogP contribution in [-0.2, 0) is 36.1 Å². The largest absolute Gasteiger partial charge is 0.379 e. The van der Waals surface area contributed by atoms with Crippen molar-refractivity contribution in [3.8, 4) is 0 Å². The monoisotopic (exact) mass is 486 g/mol. The second-order valence-corrected chi connectivity index (χ2v) is 12.4. The Morgan fingerprint density at radius 1 is 1.00 bits per heavy atom. The zero-order chi connectivity index (χ0) is 21.9. The predicted molar refractivity (Wildman–Crippen MR) is 117 cm³/mol. The van der Waals surface area contributed by atoms with Crippen molar-refractivity contribution in [2.75, 3.05) is 39.5 Å². The fraction of sp³-hybridized carbons (Fsp3) is 0.500. The minimum absolute atomic E-state index is 0.0722. The first-order valence-electron chi connectivity index (χ1n) is 10.2. The Morgan fingerprint density at radius 3 is 2.32 bits per heavy atom. The van der Waals surface area contributed by atoms with Crippen molar-refractivity contribution in [1.82, 2.24) is 8.61 Å². The highest BCUT2D eigenvalue weighted by Crippen LogP contribution is 2.25. The molecule has 2 fully saturated rings. The minimum Gasteiger partial charge on any atom is -0.379 e. The lowest BCUT2D eigenvalue weighted by Gasteiger charge is -2.26. The van der Waals surface area contributed by atoms with Gasteiger partial charge in [0.25, 0.3) is 0 Å². The van der Waals surface area contributed by atoms with E-state index in [-0.39, 0.29) is 29.0 Å². The first kappa shape index (κ1) is 22.8. The molecular weight excluding hydrogens is 460 g/mol. The standard InChI is InChI=1S/C20H26N2O6S3/c23-30(24,21-9-12-27-13-10-21)19-5-7-20(8-6-19)31(25,26)22(15-17-3-1-11-28-17)16-18-4-2-14-29-18/h2,4-8,14,17H,1,3,9-13,15-16H2/t17-/m1/s1. The zero-order valence-electron chi connectivity index (χ0n) is 17.1. The van der Waals surface area contributed by atoms with Crippen molar-refractivity contribution in [2.24, 2.45) is 0 Å². The minimum atomic E-state index is -3.82. The molecule has 1 atom stereocenters. The van der Waals surface area contributed by atoms with Crippen molar-refractivity contribution in [3.05, 3.63) is 46.7 Å². The van der Waals surface area contributed by atoms with Gasteiger partial charge in [-0.05, 0) is 48.6 Å². The molecule has 8 nitrogen and oxygen atoms in total. The molecular formula is C20H26N2O6S3. The second kappa shape index (κ2) is 9.65. The van der Waals surface area contributed by atoms with Crippen molar-refractivity contribution in [1.29, 1.82) is 0 Å². The summed E-state index contributed by atoms with van der Waals surface area (Å²) in [6.07, 6.45) is 1.62. The van der Waals surface area contributed by atoms with Crippen LogP contribution in [0.2, 0.25) is 0 Å². The van der Waals surface area contributed by atoms with Crippen LogP contribution < -0.4 is 0 Å². The molecule has 2 aliphatic heterocycles. The number of sulfonamides is 2. The Morgan fingerprint density at radius 2 is 1.71 bits per heavy atom. The average molecular weight is 487 g/mol. The normalized spacial score (nSPS) is 21.0. The number of hydrogen-bond donors (Lipinski definition) is 0. The molecule has 0 unspecified atom stereocenters. The highest BCUT2D eigenvalue weighted by Gasteiger charge is 2.31. The van der Waals surface area contributed by atoms with E-state index in [4.69, 9.17) is 9.47 Å². The fourth-order valence-corrected chi connectivity index (χ4v) is 7.37. The molecule has 0 saturated carbocycles. The molecule has 3 heterocycles. The van der Waals surface area contributed by atoms with Gasteiger partial charge in [-0.25, -0.2) is 16.8 Å². The van der Waals surface area contributed by atoms with Crippen molar-refractivity contribution in [2.45, 2.75) is 35.3 Å². The van der Waals surface area contributed by atoms with Crippen LogP contribution in [0.5, 0.6) is 0 Å². The van der Waals surface area contributed by atoms with Gasteiger partial charge in [0, 0.05) is 37.7 Å². The lowest BCUT2D eigenvalue weighted by molar-refractivity contribution is 0.0730. The maximum absolute atomic E-state index is 13.4. The first-order valence-corrected chi connectivity index (χ1v) is 14.0. The van der Waals surface area contributed by atoms with Gasteiger partial charge in [-0.15, -0.1) is 11.3 Å². The molecule has 11 heteroatoms. The Balaban J connectivity index is 1.57. The summed E-state index contributed by atoms with van der Waals surface area (Å²) in [6, 6.07) is 9.28. The van der Waals surface area contributed by atoms with Gasteiger partial charge in [-0.1, -0.05) is 6.07 Å². The Bertz CT molecular complexity index is 1060. The summed E-state index contributed by atoms with van der Waals surface area (Å²) in [5.41, 5.74) is 0. The third-order valence-electron chi connectivity index (χ3n) is 5.41. The van der Waals surface area contributed by atoms with E-state index in [1.807, 2.05) is 17.5 Å². The van der Waals surface area contributed by atoms with E-state index in [0.29, 0.717) is 32.9 Å². The van der Waals surface area contributed by atoms with Crippen LogP contribution in [0.4, 0.5) is 0 Å². The lowest BCUT2D eigenvalue weighted by atomic mass is 10.2. The Kier molecular flexibility index (Phi) is 7.11. The Hall–Kier alpha value is -1.34. The zero-order valence-corrected chi connectivity index (χ0v) is 19.5. The van der Waals surface area contributed by atoms with E-state index in [1.165, 1.54) is 44.2 Å². The molecule has 0 spiro atoms. The van der Waals surface area contributed by atoms with Crippen LogP contribution in [-0.4, -0.2) is 71.0 Å². The maximum atomic E-state index is 13.4. The van der Waals surface area contributed by atoms with Crippen LogP contribution in [0.15, 0.2) is 51.6 Å². The van der Waals surface area contributed by atoms with Crippen LogP contribution in [0.3, 0.4) is 0 Å². The van der Waals surface area contributed by atoms with E-state index in [2.05, 4.69) is 0 Å². The van der Waals surface area contributed by atoms with Crippen LogP contribution in [0, 0.1) is 0 Å². The molecule has 4 rings (SSSR count). The molecule has 2 aliphatic rings. The van der Waals surface area contributed by atoms with Gasteiger partial charge in [0.2, 0.25) is 20.0 Å². The summed E-state index contributed by atoms with van der Waals surface area (Å²) in [4.78, 5) is 1.09. The molecule has 2 saturated heterocycles. The van der Waals surface area contributed by atoms with Gasteiger partial charge in [0.15, 0.2) is 0 Å². The smallest absolute Gasteiger partial charge is 0.243 e. The van der Waals surface area contributed by atoms with E-state index < -0.39 is 20.0 Å². The second-order valence-electron chi connectivity index (χ2n) is 7.50. The van der Waals surface area contributed by atoms with E-state index in [0.717, 1.165) is 17.7 Å². The van der Waals surface area contributed by atoms with Gasteiger partial charge >= 0.3 is 0 Å². The third-order valence-corrected chi connectivity index (χ3v) is 10.0. The molecule has 1 aromatic heterocycles. The fourth-order valence-electron chi connectivity index (χ4n) is 3.71. The quantitative estimate of drug-likeness (QED) is 0.568. The number of thiophene rings is 1. The van der Waals surface area contributed by atoms with Crippen LogP contribution in [0.25, 0.3) is 0 Å². The van der Waals surface area contributed by atoms with E-state index >= 15 is 0 Å². The molecule has 0 bridgehead atoms. The summed E-state index contributed by atoms with van der Waals surface area (Å²) in [5, 5.41) is 1.91. The number of rotatable bonds is 8. The van der Waals surface area contributed by atoms with Gasteiger partial charge in [0.1, 0.15) is 0 Å². The molecule has 170 valence electrons. The topological polar surface area (TPSA) is 93.2 Å². The van der Waals surface area contributed by atoms with Crippen molar-refractivity contribution >= 4 is 31.4 Å². The van der Waals surface area contributed by atoms with E-state index in [1.54, 1.807) is 0 Å². The summed E-state index contributed by atoms with van der Waals surface area (Å²) < 4.78 is 66.1. The van der Waals surface area contributed by atoms with Crippen LogP contribution >= 0.6 is 11.3 Å². The van der Waals surface area contributed by atoms with Crippen LogP contribution in [0.1, 0.15) is 17.7 Å². The number of ether oxygens (including phenoxy) is 2. The molecule has 0 amide bonds. The first-order chi connectivity index (χ1) is 14.9. The molecule has 1 aromatic carbocycles. The molecule has 0 radical (unpaired) electrons. The number of hydrogen-bond acceptors (Lipinski definition) is 7. The average Bonchev–Trinajstić information content (AvgIpc) is 3.48. The molecule has 0 N–H and O–H groups in total. The highest BCUT2D eigenvalue weighted by atomic mass is 32.2. The summed E-state index contributed by atoms with van der Waals surface area (Å²) in [6.45, 7) is 2.46. The summed E-state index contributed by atoms with van der Waals surface area (Å²) >= 11 is 1.50. The van der Waals surface area contributed by atoms with Crippen molar-refractivity contribution < 1.29 is 26.3 Å². The third kappa shape index (κ3) is 5.19. The Labute approximate surface area is 187 Å². The summed E-state index contributed by atoms with van der Waals surface area (Å²) in [5.74, 6) is 0. The van der Waals surface area contributed by atoms with E-state index in [9.17, 15) is 16.8 Å². The van der Waals surface area contributed by atoms with Crippen molar-refractivity contribution in [3.63, 3.8) is 0 Å². The lowest BCUT2D eigenvalue weighted by Crippen LogP contribution is -2.40. The number of nitrogens with zero attached hydrogens (tertiary/aromatic N) is 2. The number of benzene rings is 1. The number of morpholine rings is 1. The van der Waals surface area contributed by atoms with Gasteiger partial charge in [-0.3, -0.25) is 0 Å². The SMILES string of the molecule is O=S(=O)(c1ccc(S(=O)(=O)N(Cc2cccs2)C[C@H]2CCCO2)cc1)N1CCOCC1.